The molecule has 0 saturated carbocycles. The standard InChI is InChI=1S/C32H26F3N3O4/c1-31(2,30(40)41)24-7-3-5-22(15-24)21-11-9-20(10-12-21)18-38(19-25-13-14-28(42-25)32(33,34)35)29(39)26-8-4-6-23-16-36-37-17-27(23)26/h3-17H,18-19H2,1-2H3,(H,40,41). The summed E-state index contributed by atoms with van der Waals surface area (Å²) in [5, 5.41) is 18.6. The molecule has 7 nitrogen and oxygen atoms in total. The third-order valence-corrected chi connectivity index (χ3v) is 7.18. The van der Waals surface area contributed by atoms with Crippen molar-refractivity contribution in [3.8, 4) is 11.1 Å². The third-order valence-electron chi connectivity index (χ3n) is 7.18. The van der Waals surface area contributed by atoms with Gasteiger partial charge in [0.1, 0.15) is 5.76 Å². The van der Waals surface area contributed by atoms with Crippen LogP contribution in [0.5, 0.6) is 0 Å². The number of hydrogen-bond acceptors (Lipinski definition) is 5. The van der Waals surface area contributed by atoms with Gasteiger partial charge in [0.2, 0.25) is 5.76 Å². The molecule has 0 aliphatic rings. The summed E-state index contributed by atoms with van der Waals surface area (Å²) < 4.78 is 44.6. The first kappa shape index (κ1) is 28.5. The van der Waals surface area contributed by atoms with E-state index in [-0.39, 0.29) is 18.8 Å². The van der Waals surface area contributed by atoms with E-state index in [0.29, 0.717) is 21.9 Å². The molecule has 0 aliphatic heterocycles. The summed E-state index contributed by atoms with van der Waals surface area (Å²) in [6, 6.07) is 21.8. The topological polar surface area (TPSA) is 96.5 Å². The maximum atomic E-state index is 13.8. The Morgan fingerprint density at radius 3 is 2.26 bits per heavy atom. The lowest BCUT2D eigenvalue weighted by molar-refractivity contribution is -0.153. The lowest BCUT2D eigenvalue weighted by Gasteiger charge is -2.23. The van der Waals surface area contributed by atoms with Crippen molar-refractivity contribution in [3.05, 3.63) is 119 Å². The molecule has 214 valence electrons. The lowest BCUT2D eigenvalue weighted by Crippen LogP contribution is -2.30. The van der Waals surface area contributed by atoms with Crippen molar-refractivity contribution in [2.75, 3.05) is 0 Å². The van der Waals surface area contributed by atoms with E-state index in [1.54, 1.807) is 44.2 Å². The molecule has 0 unspecified atom stereocenters. The molecule has 0 radical (unpaired) electrons. The normalized spacial score (nSPS) is 11.9. The van der Waals surface area contributed by atoms with Crippen LogP contribution in [0.2, 0.25) is 0 Å². The Kier molecular flexibility index (Phi) is 7.55. The highest BCUT2D eigenvalue weighted by Gasteiger charge is 2.35. The maximum Gasteiger partial charge on any atom is 0.449 e. The monoisotopic (exact) mass is 573 g/mol. The maximum absolute atomic E-state index is 13.8. The highest BCUT2D eigenvalue weighted by Crippen LogP contribution is 2.32. The molecule has 2 aromatic heterocycles. The van der Waals surface area contributed by atoms with E-state index in [9.17, 15) is 27.9 Å². The Balaban J connectivity index is 1.45. The molecule has 1 N–H and O–H groups in total. The van der Waals surface area contributed by atoms with E-state index in [1.165, 1.54) is 23.4 Å². The van der Waals surface area contributed by atoms with Crippen LogP contribution in [0.25, 0.3) is 21.9 Å². The van der Waals surface area contributed by atoms with Gasteiger partial charge in [-0.1, -0.05) is 60.7 Å². The molecule has 42 heavy (non-hydrogen) atoms. The van der Waals surface area contributed by atoms with E-state index in [4.69, 9.17) is 4.42 Å². The molecule has 0 saturated heterocycles. The van der Waals surface area contributed by atoms with Crippen molar-refractivity contribution in [1.29, 1.82) is 0 Å². The number of nitrogens with zero attached hydrogens (tertiary/aromatic N) is 3. The molecule has 10 heteroatoms. The number of carbonyl (C=O) groups excluding carboxylic acids is 1. The highest BCUT2D eigenvalue weighted by molar-refractivity contribution is 6.06. The number of alkyl halides is 3. The molecule has 5 rings (SSSR count). The van der Waals surface area contributed by atoms with Crippen LogP contribution in [0.15, 0.2) is 95.7 Å². The average molecular weight is 574 g/mol. The first-order chi connectivity index (χ1) is 19.9. The van der Waals surface area contributed by atoms with Gasteiger partial charge in [-0.15, -0.1) is 0 Å². The Bertz CT molecular complexity index is 1760. The van der Waals surface area contributed by atoms with Crippen LogP contribution in [0.3, 0.4) is 0 Å². The number of aromatic nitrogens is 2. The number of hydrogen-bond donors (Lipinski definition) is 1. The number of carboxylic acid groups (broad SMARTS) is 1. The minimum absolute atomic E-state index is 0.00909. The first-order valence-electron chi connectivity index (χ1n) is 13.0. The molecule has 3 aromatic carbocycles. The van der Waals surface area contributed by atoms with Crippen LogP contribution in [-0.2, 0) is 29.5 Å². The molecule has 5 aromatic rings. The van der Waals surface area contributed by atoms with Gasteiger partial charge in [0.25, 0.3) is 5.91 Å². The summed E-state index contributed by atoms with van der Waals surface area (Å²) >= 11 is 0. The second kappa shape index (κ2) is 11.1. The van der Waals surface area contributed by atoms with Gasteiger partial charge in [-0.25, -0.2) is 0 Å². The number of fused-ring (bicyclic) bond motifs is 1. The second-order valence-electron chi connectivity index (χ2n) is 10.4. The van der Waals surface area contributed by atoms with Gasteiger partial charge in [-0.05, 0) is 54.3 Å². The Labute approximate surface area is 239 Å². The Morgan fingerprint density at radius 2 is 1.57 bits per heavy atom. The third kappa shape index (κ3) is 5.88. The van der Waals surface area contributed by atoms with Crippen molar-refractivity contribution in [2.45, 2.75) is 38.5 Å². The number of aliphatic carboxylic acids is 1. The average Bonchev–Trinajstić information content (AvgIpc) is 3.46. The number of amides is 1. The SMILES string of the molecule is CC(C)(C(=O)O)c1cccc(-c2ccc(CN(Cc3ccc(C(F)(F)F)o3)C(=O)c3cccc4cnncc34)cc2)c1. The Hall–Kier alpha value is -4.99. The lowest BCUT2D eigenvalue weighted by atomic mass is 9.83. The summed E-state index contributed by atoms with van der Waals surface area (Å²) in [4.78, 5) is 27.0. The predicted octanol–water partition coefficient (Wildman–Crippen LogP) is 7.11. The van der Waals surface area contributed by atoms with Crippen molar-refractivity contribution in [3.63, 3.8) is 0 Å². The van der Waals surface area contributed by atoms with Crippen molar-refractivity contribution >= 4 is 22.6 Å². The van der Waals surface area contributed by atoms with Gasteiger partial charge in [0.15, 0.2) is 0 Å². The van der Waals surface area contributed by atoms with Gasteiger partial charge in [0, 0.05) is 22.9 Å². The second-order valence-corrected chi connectivity index (χ2v) is 10.4. The predicted molar refractivity (Wildman–Crippen MR) is 149 cm³/mol. The van der Waals surface area contributed by atoms with Crippen molar-refractivity contribution in [1.82, 2.24) is 15.1 Å². The molecular formula is C32H26F3N3O4. The fourth-order valence-corrected chi connectivity index (χ4v) is 4.62. The summed E-state index contributed by atoms with van der Waals surface area (Å²) in [7, 11) is 0. The van der Waals surface area contributed by atoms with E-state index >= 15 is 0 Å². The quantitative estimate of drug-likeness (QED) is 0.212. The summed E-state index contributed by atoms with van der Waals surface area (Å²) in [5.74, 6) is -2.49. The Morgan fingerprint density at radius 1 is 0.857 bits per heavy atom. The van der Waals surface area contributed by atoms with Gasteiger partial charge < -0.3 is 14.4 Å². The number of furan rings is 1. The van der Waals surface area contributed by atoms with Gasteiger partial charge in [0.05, 0.1) is 24.4 Å². The van der Waals surface area contributed by atoms with Crippen LogP contribution in [0.4, 0.5) is 13.2 Å². The van der Waals surface area contributed by atoms with Crippen LogP contribution < -0.4 is 0 Å². The summed E-state index contributed by atoms with van der Waals surface area (Å²) in [5.41, 5.74) is 2.32. The number of benzene rings is 3. The number of halogens is 3. The van der Waals surface area contributed by atoms with Crippen LogP contribution >= 0.6 is 0 Å². The van der Waals surface area contributed by atoms with E-state index in [0.717, 1.165) is 22.8 Å². The van der Waals surface area contributed by atoms with Crippen molar-refractivity contribution < 1.29 is 32.3 Å². The molecule has 0 aliphatic carbocycles. The van der Waals surface area contributed by atoms with Crippen molar-refractivity contribution in [2.24, 2.45) is 0 Å². The molecule has 0 bridgehead atoms. The van der Waals surface area contributed by atoms with Gasteiger partial charge in [-0.3, -0.25) is 9.59 Å². The fraction of sp³-hybridized carbons (Fsp3) is 0.188. The fourth-order valence-electron chi connectivity index (χ4n) is 4.62. The molecule has 1 amide bonds. The van der Waals surface area contributed by atoms with E-state index < -0.39 is 29.2 Å². The van der Waals surface area contributed by atoms with E-state index in [2.05, 4.69) is 10.2 Å². The zero-order valence-corrected chi connectivity index (χ0v) is 22.7. The minimum atomic E-state index is -4.64. The van der Waals surface area contributed by atoms with Gasteiger partial charge in [-0.2, -0.15) is 23.4 Å². The minimum Gasteiger partial charge on any atom is -0.481 e. The summed E-state index contributed by atoms with van der Waals surface area (Å²) in [6.45, 7) is 3.17. The zero-order valence-electron chi connectivity index (χ0n) is 22.7. The highest BCUT2D eigenvalue weighted by atomic mass is 19.4. The van der Waals surface area contributed by atoms with Gasteiger partial charge >= 0.3 is 12.1 Å². The molecule has 0 spiro atoms. The van der Waals surface area contributed by atoms with Crippen LogP contribution in [0, 0.1) is 0 Å². The molecular weight excluding hydrogens is 547 g/mol. The number of carboxylic acids is 1. The molecule has 0 atom stereocenters. The number of rotatable bonds is 8. The zero-order chi connectivity index (χ0) is 30.1. The largest absolute Gasteiger partial charge is 0.481 e. The first-order valence-corrected chi connectivity index (χ1v) is 13.0. The smallest absolute Gasteiger partial charge is 0.449 e. The molecule has 0 fully saturated rings. The van der Waals surface area contributed by atoms with E-state index in [1.807, 2.05) is 36.4 Å². The number of carbonyl (C=O) groups is 2. The van der Waals surface area contributed by atoms with Crippen LogP contribution in [-0.4, -0.2) is 32.1 Å². The van der Waals surface area contributed by atoms with Crippen LogP contribution in [0.1, 0.15) is 46.9 Å². The summed E-state index contributed by atoms with van der Waals surface area (Å²) in [6.07, 6.45) is -1.64. The molecule has 2 heterocycles.